The molecule has 0 bridgehead atoms. The fourth-order valence-electron chi connectivity index (χ4n) is 3.71. The number of hydrogen-bond donors (Lipinski definition) is 0. The Balaban J connectivity index is 0.00000154. The summed E-state index contributed by atoms with van der Waals surface area (Å²) in [5.41, 5.74) is 2.00. The molecule has 0 aromatic rings. The Morgan fingerprint density at radius 1 is 1.00 bits per heavy atom. The van der Waals surface area contributed by atoms with E-state index in [0.717, 1.165) is 11.8 Å². The highest BCUT2D eigenvalue weighted by atomic mass is 14.5. The van der Waals surface area contributed by atoms with E-state index in [0.29, 0.717) is 5.41 Å². The molecular formula is C19H38. The minimum Gasteiger partial charge on any atom is -0.0993 e. The lowest BCUT2D eigenvalue weighted by Crippen LogP contribution is -2.15. The molecule has 0 amide bonds. The number of allylic oxidation sites excluding steroid dienone is 1. The third kappa shape index (κ3) is 5.32. The van der Waals surface area contributed by atoms with Gasteiger partial charge in [0.05, 0.1) is 0 Å². The lowest BCUT2D eigenvalue weighted by Gasteiger charge is -2.27. The van der Waals surface area contributed by atoms with Crippen molar-refractivity contribution in [3.05, 3.63) is 12.2 Å². The second kappa shape index (κ2) is 9.61. The van der Waals surface area contributed by atoms with Crippen molar-refractivity contribution in [2.75, 3.05) is 0 Å². The SMILES string of the molecule is C=C(CCCCC)C1(C)CC(CC)C(CC)C1.CC. The van der Waals surface area contributed by atoms with Gasteiger partial charge in [0.15, 0.2) is 0 Å². The van der Waals surface area contributed by atoms with Crippen LogP contribution in [-0.2, 0) is 0 Å². The van der Waals surface area contributed by atoms with Gasteiger partial charge in [-0.1, -0.05) is 79.4 Å². The van der Waals surface area contributed by atoms with E-state index in [1.807, 2.05) is 13.8 Å². The highest BCUT2D eigenvalue weighted by molar-refractivity contribution is 5.13. The molecule has 0 aromatic carbocycles. The first-order valence-electron chi connectivity index (χ1n) is 8.75. The second-order valence-corrected chi connectivity index (χ2v) is 6.37. The molecule has 1 saturated carbocycles. The lowest BCUT2D eigenvalue weighted by atomic mass is 9.78. The predicted octanol–water partition coefficient (Wildman–Crippen LogP) is 7.00. The quantitative estimate of drug-likeness (QED) is 0.343. The van der Waals surface area contributed by atoms with Gasteiger partial charge < -0.3 is 0 Å². The van der Waals surface area contributed by atoms with Crippen molar-refractivity contribution in [3.8, 4) is 0 Å². The number of hydrogen-bond acceptors (Lipinski definition) is 0. The summed E-state index contributed by atoms with van der Waals surface area (Å²) in [7, 11) is 0. The van der Waals surface area contributed by atoms with Gasteiger partial charge in [0, 0.05) is 0 Å². The largest absolute Gasteiger partial charge is 0.0993 e. The summed E-state index contributed by atoms with van der Waals surface area (Å²) in [6, 6.07) is 0. The van der Waals surface area contributed by atoms with Crippen LogP contribution in [0.15, 0.2) is 12.2 Å². The summed E-state index contributed by atoms with van der Waals surface area (Å²) >= 11 is 0. The molecule has 1 rings (SSSR count). The molecule has 0 aliphatic heterocycles. The molecule has 1 aliphatic rings. The third-order valence-corrected chi connectivity index (χ3v) is 5.08. The van der Waals surface area contributed by atoms with Gasteiger partial charge in [-0.25, -0.2) is 0 Å². The Hall–Kier alpha value is -0.260. The summed E-state index contributed by atoms with van der Waals surface area (Å²) in [5.74, 6) is 1.90. The summed E-state index contributed by atoms with van der Waals surface area (Å²) in [5, 5.41) is 0. The Morgan fingerprint density at radius 2 is 1.47 bits per heavy atom. The van der Waals surface area contributed by atoms with Gasteiger partial charge in [-0.3, -0.25) is 0 Å². The first kappa shape index (κ1) is 18.7. The van der Waals surface area contributed by atoms with Crippen LogP contribution in [0.1, 0.15) is 92.9 Å². The van der Waals surface area contributed by atoms with Crippen LogP contribution in [0.4, 0.5) is 0 Å². The highest BCUT2D eigenvalue weighted by Crippen LogP contribution is 2.52. The fraction of sp³-hybridized carbons (Fsp3) is 0.895. The molecule has 0 aromatic heterocycles. The summed E-state index contributed by atoms with van der Waals surface area (Å²) in [6.45, 7) is 17.9. The van der Waals surface area contributed by atoms with Crippen LogP contribution < -0.4 is 0 Å². The van der Waals surface area contributed by atoms with Gasteiger partial charge >= 0.3 is 0 Å². The highest BCUT2D eigenvalue weighted by Gasteiger charge is 2.41. The maximum atomic E-state index is 4.42. The van der Waals surface area contributed by atoms with Crippen molar-refractivity contribution in [2.24, 2.45) is 17.3 Å². The van der Waals surface area contributed by atoms with Gasteiger partial charge in [-0.05, 0) is 42.9 Å². The monoisotopic (exact) mass is 266 g/mol. The molecule has 114 valence electrons. The Labute approximate surface area is 123 Å². The molecule has 0 saturated heterocycles. The van der Waals surface area contributed by atoms with Crippen LogP contribution in [0, 0.1) is 17.3 Å². The smallest absolute Gasteiger partial charge is 0.0114 e. The van der Waals surface area contributed by atoms with Crippen LogP contribution in [0.5, 0.6) is 0 Å². The molecule has 2 atom stereocenters. The van der Waals surface area contributed by atoms with Crippen LogP contribution in [-0.4, -0.2) is 0 Å². The van der Waals surface area contributed by atoms with E-state index in [2.05, 4.69) is 34.3 Å². The molecule has 2 unspecified atom stereocenters. The number of unbranched alkanes of at least 4 members (excludes halogenated alkanes) is 2. The van der Waals surface area contributed by atoms with Crippen LogP contribution in [0.2, 0.25) is 0 Å². The first-order chi connectivity index (χ1) is 9.07. The first-order valence-corrected chi connectivity index (χ1v) is 8.75. The summed E-state index contributed by atoms with van der Waals surface area (Å²) < 4.78 is 0. The van der Waals surface area contributed by atoms with Gasteiger partial charge in [-0.2, -0.15) is 0 Å². The Kier molecular flexibility index (Phi) is 9.48. The topological polar surface area (TPSA) is 0 Å². The zero-order valence-electron chi connectivity index (χ0n) is 14.5. The summed E-state index contributed by atoms with van der Waals surface area (Å²) in [6.07, 6.45) is 10.8. The van der Waals surface area contributed by atoms with E-state index in [1.165, 1.54) is 51.4 Å². The molecule has 0 heteroatoms. The molecule has 0 radical (unpaired) electrons. The second-order valence-electron chi connectivity index (χ2n) is 6.37. The van der Waals surface area contributed by atoms with E-state index in [4.69, 9.17) is 0 Å². The van der Waals surface area contributed by atoms with Gasteiger partial charge in [0.1, 0.15) is 0 Å². The molecule has 1 fully saturated rings. The van der Waals surface area contributed by atoms with Gasteiger partial charge in [-0.15, -0.1) is 0 Å². The van der Waals surface area contributed by atoms with Crippen molar-refractivity contribution in [2.45, 2.75) is 92.9 Å². The van der Waals surface area contributed by atoms with Crippen LogP contribution in [0.25, 0.3) is 0 Å². The van der Waals surface area contributed by atoms with Crippen molar-refractivity contribution in [1.29, 1.82) is 0 Å². The fourth-order valence-corrected chi connectivity index (χ4v) is 3.71. The molecule has 0 N–H and O–H groups in total. The van der Waals surface area contributed by atoms with Gasteiger partial charge in [0.25, 0.3) is 0 Å². The van der Waals surface area contributed by atoms with Crippen LogP contribution in [0.3, 0.4) is 0 Å². The van der Waals surface area contributed by atoms with Crippen molar-refractivity contribution >= 4 is 0 Å². The lowest BCUT2D eigenvalue weighted by molar-refractivity contribution is 0.367. The van der Waals surface area contributed by atoms with E-state index in [9.17, 15) is 0 Å². The van der Waals surface area contributed by atoms with E-state index in [1.54, 1.807) is 5.57 Å². The maximum absolute atomic E-state index is 4.42. The third-order valence-electron chi connectivity index (χ3n) is 5.08. The van der Waals surface area contributed by atoms with E-state index < -0.39 is 0 Å². The predicted molar refractivity (Wildman–Crippen MR) is 89.5 cm³/mol. The average molecular weight is 267 g/mol. The molecule has 0 spiro atoms. The zero-order valence-corrected chi connectivity index (χ0v) is 14.5. The van der Waals surface area contributed by atoms with E-state index in [-0.39, 0.29) is 0 Å². The Bertz CT molecular complexity index is 226. The molecule has 0 nitrogen and oxygen atoms in total. The van der Waals surface area contributed by atoms with Gasteiger partial charge in [0.2, 0.25) is 0 Å². The summed E-state index contributed by atoms with van der Waals surface area (Å²) in [4.78, 5) is 0. The minimum atomic E-state index is 0.453. The van der Waals surface area contributed by atoms with Crippen molar-refractivity contribution < 1.29 is 0 Å². The standard InChI is InChI=1S/C17H32.C2H6/c1-6-9-10-11-14(4)17(5)12-15(7-2)16(8-3)13-17;1-2/h15-16H,4,6-13H2,1-3,5H3;1-2H3. The van der Waals surface area contributed by atoms with Crippen LogP contribution >= 0.6 is 0 Å². The average Bonchev–Trinajstić information content (AvgIpc) is 2.79. The Morgan fingerprint density at radius 3 is 1.84 bits per heavy atom. The van der Waals surface area contributed by atoms with Crippen molar-refractivity contribution in [3.63, 3.8) is 0 Å². The number of rotatable bonds is 7. The molecule has 0 heterocycles. The van der Waals surface area contributed by atoms with E-state index >= 15 is 0 Å². The maximum Gasteiger partial charge on any atom is -0.0114 e. The molecule has 19 heavy (non-hydrogen) atoms. The van der Waals surface area contributed by atoms with Crippen molar-refractivity contribution in [1.82, 2.24) is 0 Å². The normalized spacial score (nSPS) is 29.8. The minimum absolute atomic E-state index is 0.453. The zero-order chi connectivity index (χ0) is 14.9. The molecular weight excluding hydrogens is 228 g/mol. The molecule has 1 aliphatic carbocycles.